The van der Waals surface area contributed by atoms with E-state index < -0.39 is 5.97 Å². The van der Waals surface area contributed by atoms with Gasteiger partial charge in [0.1, 0.15) is 5.75 Å². The number of hydrogen-bond donors (Lipinski definition) is 1. The number of hydrogen-bond acceptors (Lipinski definition) is 2. The number of carboxylic acid groups (broad SMARTS) is 1. The first-order valence-corrected chi connectivity index (χ1v) is 6.49. The monoisotopic (exact) mass is 308 g/mol. The van der Waals surface area contributed by atoms with Crippen molar-refractivity contribution >= 4 is 32.7 Å². The highest BCUT2D eigenvalue weighted by atomic mass is 79.9. The second-order valence-electron chi connectivity index (χ2n) is 3.94. The van der Waals surface area contributed by atoms with Crippen LogP contribution >= 0.6 is 15.9 Å². The summed E-state index contributed by atoms with van der Waals surface area (Å²) < 4.78 is 6.50. The van der Waals surface area contributed by atoms with Crippen molar-refractivity contribution in [2.24, 2.45) is 0 Å². The normalized spacial score (nSPS) is 10.5. The number of halogens is 1. The molecule has 4 heteroatoms. The second kappa shape index (κ2) is 5.87. The average Bonchev–Trinajstić information content (AvgIpc) is 2.37. The van der Waals surface area contributed by atoms with E-state index in [0.29, 0.717) is 13.0 Å². The van der Waals surface area contributed by atoms with Crippen molar-refractivity contribution in [1.82, 2.24) is 0 Å². The van der Waals surface area contributed by atoms with Gasteiger partial charge in [-0.25, -0.2) is 0 Å². The fourth-order valence-corrected chi connectivity index (χ4v) is 2.34. The average molecular weight is 309 g/mol. The Kier molecular flexibility index (Phi) is 4.20. The number of benzene rings is 2. The van der Waals surface area contributed by atoms with E-state index >= 15 is 0 Å². The zero-order chi connectivity index (χ0) is 13.0. The molecule has 0 heterocycles. The maximum atomic E-state index is 10.4. The number of carboxylic acids is 1. The van der Waals surface area contributed by atoms with Crippen LogP contribution in [-0.4, -0.2) is 17.7 Å². The van der Waals surface area contributed by atoms with Crippen molar-refractivity contribution in [3.63, 3.8) is 0 Å². The van der Waals surface area contributed by atoms with E-state index in [0.717, 1.165) is 21.0 Å². The fourth-order valence-electron chi connectivity index (χ4n) is 1.73. The van der Waals surface area contributed by atoms with Crippen molar-refractivity contribution < 1.29 is 14.6 Å². The van der Waals surface area contributed by atoms with E-state index in [9.17, 15) is 4.79 Å². The van der Waals surface area contributed by atoms with Crippen LogP contribution in [0.1, 0.15) is 12.8 Å². The molecule has 0 saturated heterocycles. The Morgan fingerprint density at radius 2 is 2.00 bits per heavy atom. The Bertz CT molecular complexity index is 566. The fraction of sp³-hybridized carbons (Fsp3) is 0.214. The van der Waals surface area contributed by atoms with Crippen LogP contribution in [0.4, 0.5) is 0 Å². The highest BCUT2D eigenvalue weighted by Crippen LogP contribution is 2.33. The third-order valence-electron chi connectivity index (χ3n) is 2.62. The van der Waals surface area contributed by atoms with Crippen molar-refractivity contribution in [3.05, 3.63) is 40.9 Å². The van der Waals surface area contributed by atoms with Crippen molar-refractivity contribution in [3.8, 4) is 5.75 Å². The summed E-state index contributed by atoms with van der Waals surface area (Å²) in [5.74, 6) is -0.0461. The van der Waals surface area contributed by atoms with Gasteiger partial charge in [-0.3, -0.25) is 4.79 Å². The van der Waals surface area contributed by atoms with E-state index in [-0.39, 0.29) is 6.42 Å². The summed E-state index contributed by atoms with van der Waals surface area (Å²) in [6, 6.07) is 11.9. The first-order chi connectivity index (χ1) is 8.68. The van der Waals surface area contributed by atoms with Crippen LogP contribution in [-0.2, 0) is 4.79 Å². The number of aliphatic carboxylic acids is 1. The molecule has 1 N–H and O–H groups in total. The number of fused-ring (bicyclic) bond motifs is 1. The summed E-state index contributed by atoms with van der Waals surface area (Å²) in [6.45, 7) is 0.406. The molecule has 0 unspecified atom stereocenters. The highest BCUT2D eigenvalue weighted by molar-refractivity contribution is 9.10. The highest BCUT2D eigenvalue weighted by Gasteiger charge is 2.06. The molecule has 0 aromatic heterocycles. The molecule has 94 valence electrons. The minimum absolute atomic E-state index is 0.130. The van der Waals surface area contributed by atoms with Crippen molar-refractivity contribution in [2.75, 3.05) is 6.61 Å². The predicted molar refractivity (Wildman–Crippen MR) is 74.0 cm³/mol. The SMILES string of the molecule is O=C(O)CCCOc1ccc2ccccc2c1Br. The summed E-state index contributed by atoms with van der Waals surface area (Å²) >= 11 is 3.52. The van der Waals surface area contributed by atoms with E-state index in [1.165, 1.54) is 0 Å². The molecule has 0 amide bonds. The van der Waals surface area contributed by atoms with Gasteiger partial charge in [-0.2, -0.15) is 0 Å². The Hall–Kier alpha value is -1.55. The standard InChI is InChI=1S/C14H13BrO3/c15-14-11-5-2-1-4-10(11)7-8-12(14)18-9-3-6-13(16)17/h1-2,4-5,7-8H,3,6,9H2,(H,16,17). The van der Waals surface area contributed by atoms with Gasteiger partial charge in [0, 0.05) is 6.42 Å². The Labute approximate surface area is 114 Å². The summed E-state index contributed by atoms with van der Waals surface area (Å²) in [4.78, 5) is 10.4. The summed E-state index contributed by atoms with van der Waals surface area (Å²) in [7, 11) is 0. The molecule has 0 radical (unpaired) electrons. The quantitative estimate of drug-likeness (QED) is 0.854. The topological polar surface area (TPSA) is 46.5 Å². The van der Waals surface area contributed by atoms with Crippen LogP contribution in [0.25, 0.3) is 10.8 Å². The molecular formula is C14H13BrO3. The summed E-state index contributed by atoms with van der Waals surface area (Å²) in [5, 5.41) is 10.8. The number of rotatable bonds is 5. The zero-order valence-corrected chi connectivity index (χ0v) is 11.3. The van der Waals surface area contributed by atoms with Gasteiger partial charge in [0.2, 0.25) is 0 Å². The van der Waals surface area contributed by atoms with Gasteiger partial charge >= 0.3 is 5.97 Å². The van der Waals surface area contributed by atoms with Crippen LogP contribution in [0.5, 0.6) is 5.75 Å². The third kappa shape index (κ3) is 3.01. The molecule has 0 aliphatic carbocycles. The van der Waals surface area contributed by atoms with E-state index in [4.69, 9.17) is 9.84 Å². The predicted octanol–water partition coefficient (Wildman–Crippen LogP) is 3.85. The van der Waals surface area contributed by atoms with Crippen molar-refractivity contribution in [1.29, 1.82) is 0 Å². The molecule has 18 heavy (non-hydrogen) atoms. The molecule has 2 aromatic rings. The molecule has 0 atom stereocenters. The van der Waals surface area contributed by atoms with Gasteiger partial charge in [-0.15, -0.1) is 0 Å². The lowest BCUT2D eigenvalue weighted by Gasteiger charge is -2.09. The summed E-state index contributed by atoms with van der Waals surface area (Å²) in [5.41, 5.74) is 0. The summed E-state index contributed by atoms with van der Waals surface area (Å²) in [6.07, 6.45) is 0.639. The number of carbonyl (C=O) groups is 1. The lowest BCUT2D eigenvalue weighted by Crippen LogP contribution is -2.02. The van der Waals surface area contributed by atoms with Gasteiger partial charge in [0.15, 0.2) is 0 Å². The van der Waals surface area contributed by atoms with E-state index in [2.05, 4.69) is 15.9 Å². The smallest absolute Gasteiger partial charge is 0.303 e. The van der Waals surface area contributed by atoms with Gasteiger partial charge in [-0.05, 0) is 39.2 Å². The lowest BCUT2D eigenvalue weighted by atomic mass is 10.1. The minimum atomic E-state index is -0.795. The Morgan fingerprint density at radius 1 is 1.22 bits per heavy atom. The van der Waals surface area contributed by atoms with E-state index in [1.807, 2.05) is 36.4 Å². The Balaban J connectivity index is 2.09. The van der Waals surface area contributed by atoms with Crippen molar-refractivity contribution in [2.45, 2.75) is 12.8 Å². The van der Waals surface area contributed by atoms with Gasteiger partial charge in [0.05, 0.1) is 11.1 Å². The molecule has 3 nitrogen and oxygen atoms in total. The largest absolute Gasteiger partial charge is 0.492 e. The molecule has 0 aliphatic rings. The number of ether oxygens (including phenoxy) is 1. The maximum Gasteiger partial charge on any atom is 0.303 e. The van der Waals surface area contributed by atoms with Crippen LogP contribution in [0.3, 0.4) is 0 Å². The third-order valence-corrected chi connectivity index (χ3v) is 3.44. The molecule has 0 spiro atoms. The molecule has 2 aromatic carbocycles. The van der Waals surface area contributed by atoms with Gasteiger partial charge in [0.25, 0.3) is 0 Å². The first-order valence-electron chi connectivity index (χ1n) is 5.70. The minimum Gasteiger partial charge on any atom is -0.492 e. The zero-order valence-electron chi connectivity index (χ0n) is 9.73. The molecule has 0 bridgehead atoms. The molecule has 0 saturated carbocycles. The Morgan fingerprint density at radius 3 is 2.78 bits per heavy atom. The van der Waals surface area contributed by atoms with Crippen LogP contribution in [0.15, 0.2) is 40.9 Å². The molecule has 0 fully saturated rings. The molecule has 2 rings (SSSR count). The van der Waals surface area contributed by atoms with Crippen LogP contribution in [0, 0.1) is 0 Å². The van der Waals surface area contributed by atoms with Crippen LogP contribution < -0.4 is 4.74 Å². The molecule has 0 aliphatic heterocycles. The molecular weight excluding hydrogens is 296 g/mol. The maximum absolute atomic E-state index is 10.4. The first kappa shape index (κ1) is 12.9. The van der Waals surface area contributed by atoms with Crippen LogP contribution in [0.2, 0.25) is 0 Å². The van der Waals surface area contributed by atoms with Gasteiger partial charge in [-0.1, -0.05) is 30.3 Å². The second-order valence-corrected chi connectivity index (χ2v) is 4.74. The van der Waals surface area contributed by atoms with E-state index in [1.54, 1.807) is 0 Å². The lowest BCUT2D eigenvalue weighted by molar-refractivity contribution is -0.137. The van der Waals surface area contributed by atoms with Gasteiger partial charge < -0.3 is 9.84 Å².